The van der Waals surface area contributed by atoms with Crippen LogP contribution >= 0.6 is 15.9 Å². The standard InChI is InChI=1S/C21H25BrN2O4/c1-5-16-7-9-19(18(22)11-16)27-12-20(25)23-24-21(26)15(4)28-17-8-6-13(2)14(3)10-17/h6-11,15H,5,12H2,1-4H3,(H,23,25)(H,24,26). The summed E-state index contributed by atoms with van der Waals surface area (Å²) in [5, 5.41) is 0. The van der Waals surface area contributed by atoms with Crippen LogP contribution < -0.4 is 20.3 Å². The summed E-state index contributed by atoms with van der Waals surface area (Å²) < 4.78 is 11.9. The molecule has 0 aliphatic rings. The fourth-order valence-electron chi connectivity index (χ4n) is 2.34. The Hall–Kier alpha value is -2.54. The second-order valence-electron chi connectivity index (χ2n) is 6.45. The van der Waals surface area contributed by atoms with Gasteiger partial charge < -0.3 is 9.47 Å². The van der Waals surface area contributed by atoms with Gasteiger partial charge in [0.25, 0.3) is 11.8 Å². The average molecular weight is 449 g/mol. The number of carbonyl (C=O) groups excluding carboxylic acids is 2. The van der Waals surface area contributed by atoms with Crippen molar-refractivity contribution >= 4 is 27.7 Å². The summed E-state index contributed by atoms with van der Waals surface area (Å²) in [5.41, 5.74) is 8.05. The summed E-state index contributed by atoms with van der Waals surface area (Å²) in [6.07, 6.45) is 0.146. The number of benzene rings is 2. The van der Waals surface area contributed by atoms with E-state index in [0.717, 1.165) is 27.6 Å². The molecule has 0 fully saturated rings. The highest BCUT2D eigenvalue weighted by Gasteiger charge is 2.16. The molecule has 2 amide bonds. The molecule has 0 saturated heterocycles. The predicted molar refractivity (Wildman–Crippen MR) is 111 cm³/mol. The Bertz CT molecular complexity index is 854. The molecule has 0 heterocycles. The molecular formula is C21H25BrN2O4. The summed E-state index contributed by atoms with van der Waals surface area (Å²) in [6, 6.07) is 11.3. The number of carbonyl (C=O) groups is 2. The molecule has 0 aromatic heterocycles. The first-order valence-electron chi connectivity index (χ1n) is 9.04. The van der Waals surface area contributed by atoms with E-state index in [0.29, 0.717) is 11.5 Å². The topological polar surface area (TPSA) is 76.7 Å². The quantitative estimate of drug-likeness (QED) is 0.634. The molecule has 2 rings (SSSR count). The number of aryl methyl sites for hydroxylation is 3. The molecule has 0 saturated carbocycles. The molecule has 2 N–H and O–H groups in total. The van der Waals surface area contributed by atoms with E-state index in [2.05, 4.69) is 33.7 Å². The van der Waals surface area contributed by atoms with Gasteiger partial charge in [-0.15, -0.1) is 0 Å². The molecule has 2 aromatic rings. The monoisotopic (exact) mass is 448 g/mol. The van der Waals surface area contributed by atoms with Gasteiger partial charge in [0.1, 0.15) is 11.5 Å². The van der Waals surface area contributed by atoms with Crippen molar-refractivity contribution in [3.63, 3.8) is 0 Å². The van der Waals surface area contributed by atoms with Crippen molar-refractivity contribution in [3.05, 3.63) is 57.6 Å². The van der Waals surface area contributed by atoms with Gasteiger partial charge in [-0.1, -0.05) is 19.1 Å². The lowest BCUT2D eigenvalue weighted by molar-refractivity contribution is -0.133. The number of hydrazine groups is 1. The van der Waals surface area contributed by atoms with E-state index in [1.807, 2.05) is 38.1 Å². The maximum Gasteiger partial charge on any atom is 0.279 e. The van der Waals surface area contributed by atoms with Crippen LogP contribution in [0.1, 0.15) is 30.5 Å². The maximum atomic E-state index is 12.1. The van der Waals surface area contributed by atoms with Crippen molar-refractivity contribution in [2.45, 2.75) is 40.2 Å². The molecule has 150 valence electrons. The van der Waals surface area contributed by atoms with E-state index in [4.69, 9.17) is 9.47 Å². The Kier molecular flexibility index (Phi) is 7.87. The zero-order chi connectivity index (χ0) is 20.7. The SMILES string of the molecule is CCc1ccc(OCC(=O)NNC(=O)C(C)Oc2ccc(C)c(C)c2)c(Br)c1. The van der Waals surface area contributed by atoms with Crippen molar-refractivity contribution < 1.29 is 19.1 Å². The third-order valence-electron chi connectivity index (χ3n) is 4.25. The molecule has 0 spiro atoms. The zero-order valence-corrected chi connectivity index (χ0v) is 18.1. The number of nitrogens with one attached hydrogen (secondary N) is 2. The number of ether oxygens (including phenoxy) is 2. The molecule has 28 heavy (non-hydrogen) atoms. The van der Waals surface area contributed by atoms with E-state index in [1.165, 1.54) is 0 Å². The molecular weight excluding hydrogens is 424 g/mol. The highest BCUT2D eigenvalue weighted by molar-refractivity contribution is 9.10. The Morgan fingerprint density at radius 2 is 1.82 bits per heavy atom. The van der Waals surface area contributed by atoms with Crippen LogP contribution in [-0.2, 0) is 16.0 Å². The number of rotatable bonds is 7. The van der Waals surface area contributed by atoms with Gasteiger partial charge in [-0.25, -0.2) is 0 Å². The molecule has 7 heteroatoms. The average Bonchev–Trinajstić information content (AvgIpc) is 2.67. The van der Waals surface area contributed by atoms with Crippen molar-refractivity contribution in [2.24, 2.45) is 0 Å². The number of hydrogen-bond acceptors (Lipinski definition) is 4. The number of amides is 2. The molecule has 0 bridgehead atoms. The van der Waals surface area contributed by atoms with E-state index >= 15 is 0 Å². The molecule has 1 atom stereocenters. The highest BCUT2D eigenvalue weighted by Crippen LogP contribution is 2.26. The lowest BCUT2D eigenvalue weighted by atomic mass is 10.1. The Labute approximate surface area is 173 Å². The van der Waals surface area contributed by atoms with Crippen LogP contribution in [0.25, 0.3) is 0 Å². The minimum atomic E-state index is -0.765. The molecule has 0 aliphatic carbocycles. The first-order chi connectivity index (χ1) is 13.3. The van der Waals surface area contributed by atoms with Gasteiger partial charge in [0.2, 0.25) is 0 Å². The summed E-state index contributed by atoms with van der Waals surface area (Å²) in [5.74, 6) is 0.226. The number of hydrogen-bond donors (Lipinski definition) is 2. The summed E-state index contributed by atoms with van der Waals surface area (Å²) in [4.78, 5) is 24.0. The van der Waals surface area contributed by atoms with E-state index in [1.54, 1.807) is 19.1 Å². The summed E-state index contributed by atoms with van der Waals surface area (Å²) in [6.45, 7) is 7.42. The minimum Gasteiger partial charge on any atom is -0.483 e. The fraction of sp³-hybridized carbons (Fsp3) is 0.333. The summed E-state index contributed by atoms with van der Waals surface area (Å²) in [7, 11) is 0. The first kappa shape index (κ1) is 21.8. The lowest BCUT2D eigenvalue weighted by Crippen LogP contribution is -2.48. The van der Waals surface area contributed by atoms with Crippen LogP contribution in [0.15, 0.2) is 40.9 Å². The number of halogens is 1. The van der Waals surface area contributed by atoms with Crippen molar-refractivity contribution in [2.75, 3.05) is 6.61 Å². The third kappa shape index (κ3) is 6.27. The van der Waals surface area contributed by atoms with Crippen LogP contribution in [0.3, 0.4) is 0 Å². The molecule has 0 radical (unpaired) electrons. The van der Waals surface area contributed by atoms with Gasteiger partial charge in [0.15, 0.2) is 12.7 Å². The van der Waals surface area contributed by atoms with Gasteiger partial charge in [0.05, 0.1) is 4.47 Å². The maximum absolute atomic E-state index is 12.1. The van der Waals surface area contributed by atoms with Gasteiger partial charge in [-0.05, 0) is 84.1 Å². The van der Waals surface area contributed by atoms with Crippen LogP contribution in [-0.4, -0.2) is 24.5 Å². The second-order valence-corrected chi connectivity index (χ2v) is 7.30. The summed E-state index contributed by atoms with van der Waals surface area (Å²) >= 11 is 3.42. The van der Waals surface area contributed by atoms with Crippen LogP contribution in [0.5, 0.6) is 11.5 Å². The van der Waals surface area contributed by atoms with Crippen LogP contribution in [0.4, 0.5) is 0 Å². The first-order valence-corrected chi connectivity index (χ1v) is 9.83. The van der Waals surface area contributed by atoms with Gasteiger partial charge in [-0.3, -0.25) is 20.4 Å². The molecule has 0 aliphatic heterocycles. The van der Waals surface area contributed by atoms with E-state index in [-0.39, 0.29) is 6.61 Å². The van der Waals surface area contributed by atoms with Crippen molar-refractivity contribution in [1.29, 1.82) is 0 Å². The van der Waals surface area contributed by atoms with E-state index < -0.39 is 17.9 Å². The second kappa shape index (κ2) is 10.1. The van der Waals surface area contributed by atoms with Gasteiger partial charge in [0, 0.05) is 0 Å². The zero-order valence-electron chi connectivity index (χ0n) is 16.5. The normalized spacial score (nSPS) is 11.5. The van der Waals surface area contributed by atoms with Crippen molar-refractivity contribution in [1.82, 2.24) is 10.9 Å². The molecule has 2 aromatic carbocycles. The largest absolute Gasteiger partial charge is 0.483 e. The van der Waals surface area contributed by atoms with Crippen molar-refractivity contribution in [3.8, 4) is 11.5 Å². The Morgan fingerprint density at radius 1 is 1.07 bits per heavy atom. The molecule has 1 unspecified atom stereocenters. The Morgan fingerprint density at radius 3 is 2.46 bits per heavy atom. The minimum absolute atomic E-state index is 0.225. The van der Waals surface area contributed by atoms with Gasteiger partial charge in [-0.2, -0.15) is 0 Å². The van der Waals surface area contributed by atoms with Gasteiger partial charge >= 0.3 is 0 Å². The Balaban J connectivity index is 1.78. The highest BCUT2D eigenvalue weighted by atomic mass is 79.9. The van der Waals surface area contributed by atoms with E-state index in [9.17, 15) is 9.59 Å². The third-order valence-corrected chi connectivity index (χ3v) is 4.87. The molecule has 6 nitrogen and oxygen atoms in total. The predicted octanol–water partition coefficient (Wildman–Crippen LogP) is 3.62. The van der Waals surface area contributed by atoms with Crippen LogP contribution in [0.2, 0.25) is 0 Å². The lowest BCUT2D eigenvalue weighted by Gasteiger charge is -2.16. The van der Waals surface area contributed by atoms with Crippen LogP contribution in [0, 0.1) is 13.8 Å². The smallest absolute Gasteiger partial charge is 0.279 e. The fourth-order valence-corrected chi connectivity index (χ4v) is 2.88.